The van der Waals surface area contributed by atoms with Crippen LogP contribution in [-0.2, 0) is 4.79 Å². The summed E-state index contributed by atoms with van der Waals surface area (Å²) in [4.78, 5) is 28.1. The summed E-state index contributed by atoms with van der Waals surface area (Å²) >= 11 is 0. The van der Waals surface area contributed by atoms with Gasteiger partial charge in [-0.05, 0) is 25.7 Å². The van der Waals surface area contributed by atoms with E-state index < -0.39 is 24.3 Å². The fourth-order valence-corrected chi connectivity index (χ4v) is 4.78. The van der Waals surface area contributed by atoms with Crippen molar-refractivity contribution in [1.82, 2.24) is 24.8 Å². The quantitative estimate of drug-likeness (QED) is 0.359. The minimum Gasteiger partial charge on any atom is -0.388 e. The van der Waals surface area contributed by atoms with Crippen LogP contribution in [-0.4, -0.2) is 79.1 Å². The number of imidazole rings is 1. The molecule has 11 nitrogen and oxygen atoms in total. The number of nitrogens with two attached hydrogens (primary N) is 1. The Labute approximate surface area is 205 Å². The van der Waals surface area contributed by atoms with Crippen LogP contribution in [0.3, 0.4) is 0 Å². The van der Waals surface area contributed by atoms with Crippen molar-refractivity contribution in [2.24, 2.45) is 5.73 Å². The van der Waals surface area contributed by atoms with Crippen molar-refractivity contribution in [3.8, 4) is 0 Å². The van der Waals surface area contributed by atoms with Gasteiger partial charge in [0, 0.05) is 31.6 Å². The SMILES string of the molecule is CCC(=O)N[C@H]1C[C@@H](n2cnc3c(NC(CC)CC)nc(N4CC[C@@H](N)C4)nc32)[C@H](O)[C@@H]1O.Cl. The van der Waals surface area contributed by atoms with Crippen LogP contribution in [0.15, 0.2) is 6.33 Å². The molecule has 1 saturated heterocycles. The van der Waals surface area contributed by atoms with E-state index in [2.05, 4.69) is 34.4 Å². The molecule has 1 aliphatic carbocycles. The van der Waals surface area contributed by atoms with Crippen molar-refractivity contribution < 1.29 is 15.0 Å². The number of carbonyl (C=O) groups is 1. The van der Waals surface area contributed by atoms with Crippen molar-refractivity contribution in [2.75, 3.05) is 23.3 Å². The zero-order valence-corrected chi connectivity index (χ0v) is 20.8. The van der Waals surface area contributed by atoms with E-state index in [-0.39, 0.29) is 30.4 Å². The summed E-state index contributed by atoms with van der Waals surface area (Å²) in [6, 6.07) is -0.680. The van der Waals surface area contributed by atoms with Gasteiger partial charge in [0.25, 0.3) is 0 Å². The second kappa shape index (κ2) is 11.0. The molecule has 0 spiro atoms. The predicted molar refractivity (Wildman–Crippen MR) is 133 cm³/mol. The van der Waals surface area contributed by atoms with Gasteiger partial charge in [0.1, 0.15) is 12.2 Å². The van der Waals surface area contributed by atoms with Gasteiger partial charge in [-0.25, -0.2) is 4.98 Å². The predicted octanol–water partition coefficient (Wildman–Crippen LogP) is 0.947. The van der Waals surface area contributed by atoms with E-state index in [1.54, 1.807) is 17.8 Å². The normalized spacial score (nSPS) is 26.8. The number of aromatic nitrogens is 4. The maximum atomic E-state index is 11.9. The monoisotopic (exact) mass is 496 g/mol. The van der Waals surface area contributed by atoms with Gasteiger partial charge in [-0.2, -0.15) is 9.97 Å². The van der Waals surface area contributed by atoms with Gasteiger partial charge in [-0.15, -0.1) is 12.4 Å². The van der Waals surface area contributed by atoms with E-state index in [9.17, 15) is 15.0 Å². The van der Waals surface area contributed by atoms with Crippen LogP contribution in [0.25, 0.3) is 11.2 Å². The second-order valence-electron chi connectivity index (χ2n) is 9.16. The van der Waals surface area contributed by atoms with Gasteiger partial charge in [0.05, 0.1) is 18.4 Å². The van der Waals surface area contributed by atoms with E-state index in [1.165, 1.54) is 0 Å². The number of hydrogen-bond acceptors (Lipinski definition) is 9. The highest BCUT2D eigenvalue weighted by atomic mass is 35.5. The zero-order valence-electron chi connectivity index (χ0n) is 20.0. The van der Waals surface area contributed by atoms with Crippen LogP contribution in [0.4, 0.5) is 11.8 Å². The Hall–Kier alpha value is -2.21. The molecule has 1 saturated carbocycles. The maximum absolute atomic E-state index is 11.9. The van der Waals surface area contributed by atoms with Crippen molar-refractivity contribution in [2.45, 2.75) is 89.3 Å². The minimum atomic E-state index is -1.07. The number of hydrogen-bond donors (Lipinski definition) is 5. The number of carbonyl (C=O) groups excluding carboxylic acids is 1. The van der Waals surface area contributed by atoms with Gasteiger partial charge in [-0.1, -0.05) is 20.8 Å². The smallest absolute Gasteiger partial charge is 0.229 e. The topological polar surface area (TPSA) is 154 Å². The summed E-state index contributed by atoms with van der Waals surface area (Å²) in [5.41, 5.74) is 7.33. The van der Waals surface area contributed by atoms with E-state index >= 15 is 0 Å². The number of fused-ring (bicyclic) bond motifs is 1. The summed E-state index contributed by atoms with van der Waals surface area (Å²) in [5, 5.41) is 27.7. The molecular formula is C22H37ClN8O3. The van der Waals surface area contributed by atoms with Gasteiger partial charge >= 0.3 is 0 Å². The molecule has 1 amide bonds. The van der Waals surface area contributed by atoms with Crippen LogP contribution in [0.1, 0.15) is 58.9 Å². The van der Waals surface area contributed by atoms with Gasteiger partial charge in [-0.3, -0.25) is 4.79 Å². The molecule has 0 radical (unpaired) electrons. The van der Waals surface area contributed by atoms with Crippen molar-refractivity contribution in [3.63, 3.8) is 0 Å². The van der Waals surface area contributed by atoms with Crippen LogP contribution >= 0.6 is 12.4 Å². The fraction of sp³-hybridized carbons (Fsp3) is 0.727. The standard InChI is InChI=1S/C22H36N8O3.ClH/c1-4-13(5-2)25-20-17-21(28-22(27-20)29-8-7-12(23)10-29)30(11-24-17)15-9-14(18(32)19(15)33)26-16(31)6-3;/h11-15,18-19,32-33H,4-10,23H2,1-3H3,(H,26,31)(H,25,27,28);1H/t12-,14+,15-,18-,19+;/m1./s1. The highest BCUT2D eigenvalue weighted by Gasteiger charge is 2.43. The molecule has 34 heavy (non-hydrogen) atoms. The van der Waals surface area contributed by atoms with Gasteiger partial charge in [0.2, 0.25) is 11.9 Å². The van der Waals surface area contributed by atoms with Crippen LogP contribution in [0.5, 0.6) is 0 Å². The summed E-state index contributed by atoms with van der Waals surface area (Å²) in [6.45, 7) is 7.46. The third-order valence-corrected chi connectivity index (χ3v) is 6.92. The van der Waals surface area contributed by atoms with E-state index in [4.69, 9.17) is 15.7 Å². The van der Waals surface area contributed by atoms with Crippen molar-refractivity contribution in [3.05, 3.63) is 6.33 Å². The lowest BCUT2D eigenvalue weighted by Crippen LogP contribution is -2.42. The van der Waals surface area contributed by atoms with Crippen LogP contribution in [0.2, 0.25) is 0 Å². The average molecular weight is 497 g/mol. The number of aliphatic hydroxyl groups excluding tert-OH is 2. The fourth-order valence-electron chi connectivity index (χ4n) is 4.78. The minimum absolute atomic E-state index is 0. The molecule has 2 aliphatic rings. The van der Waals surface area contributed by atoms with Gasteiger partial charge in [0.15, 0.2) is 17.0 Å². The number of anilines is 2. The molecule has 2 aromatic heterocycles. The van der Waals surface area contributed by atoms with Crippen molar-refractivity contribution in [1.29, 1.82) is 0 Å². The molecule has 190 valence electrons. The molecule has 0 unspecified atom stereocenters. The molecule has 0 aromatic carbocycles. The van der Waals surface area contributed by atoms with Crippen LogP contribution in [0, 0.1) is 0 Å². The number of nitrogens with zero attached hydrogens (tertiary/aromatic N) is 5. The molecule has 6 N–H and O–H groups in total. The summed E-state index contributed by atoms with van der Waals surface area (Å²) in [5.74, 6) is 1.08. The third kappa shape index (κ3) is 5.07. The lowest BCUT2D eigenvalue weighted by atomic mass is 10.2. The molecule has 5 atom stereocenters. The lowest BCUT2D eigenvalue weighted by molar-refractivity contribution is -0.122. The largest absolute Gasteiger partial charge is 0.388 e. The molecule has 2 fully saturated rings. The molecular weight excluding hydrogens is 460 g/mol. The van der Waals surface area contributed by atoms with E-state index in [0.29, 0.717) is 42.3 Å². The Kier molecular flexibility index (Phi) is 8.56. The number of rotatable bonds is 8. The Morgan fingerprint density at radius 1 is 1.24 bits per heavy atom. The second-order valence-corrected chi connectivity index (χ2v) is 9.16. The Bertz CT molecular complexity index is 984. The number of aliphatic hydroxyl groups is 2. The molecule has 4 rings (SSSR count). The third-order valence-electron chi connectivity index (χ3n) is 6.92. The first-order chi connectivity index (χ1) is 15.9. The zero-order chi connectivity index (χ0) is 23.7. The van der Waals surface area contributed by atoms with Crippen LogP contribution < -0.4 is 21.3 Å². The summed E-state index contributed by atoms with van der Waals surface area (Å²) in [7, 11) is 0. The Morgan fingerprint density at radius 2 is 1.97 bits per heavy atom. The summed E-state index contributed by atoms with van der Waals surface area (Å²) < 4.78 is 1.81. The molecule has 3 heterocycles. The number of halogens is 1. The van der Waals surface area contributed by atoms with Gasteiger partial charge < -0.3 is 36.0 Å². The summed E-state index contributed by atoms with van der Waals surface area (Å²) in [6.07, 6.45) is 2.98. The lowest BCUT2D eigenvalue weighted by Gasteiger charge is -2.21. The highest BCUT2D eigenvalue weighted by Crippen LogP contribution is 2.35. The number of nitrogens with one attached hydrogen (secondary N) is 2. The molecule has 1 aliphatic heterocycles. The Balaban J connectivity index is 0.00000324. The highest BCUT2D eigenvalue weighted by molar-refractivity contribution is 5.85. The first-order valence-electron chi connectivity index (χ1n) is 12.0. The average Bonchev–Trinajstić information content (AvgIpc) is 3.51. The van der Waals surface area contributed by atoms with E-state index in [1.807, 2.05) is 0 Å². The first kappa shape index (κ1) is 26.4. The number of amides is 1. The molecule has 12 heteroatoms. The molecule has 0 bridgehead atoms. The Morgan fingerprint density at radius 3 is 2.59 bits per heavy atom. The maximum Gasteiger partial charge on any atom is 0.229 e. The van der Waals surface area contributed by atoms with E-state index in [0.717, 1.165) is 25.8 Å². The molecule has 2 aromatic rings. The van der Waals surface area contributed by atoms with Crippen molar-refractivity contribution >= 4 is 41.2 Å². The first-order valence-corrected chi connectivity index (χ1v) is 12.0.